The molecule has 9 heavy (non-hydrogen) atoms. The zero-order chi connectivity index (χ0) is 6.53. The SMILES string of the molecule is BrCCc1ncccn1. The average molecular weight is 187 g/mol. The fourth-order valence-corrected chi connectivity index (χ4v) is 0.898. The van der Waals surface area contributed by atoms with Crippen molar-refractivity contribution in [1.29, 1.82) is 0 Å². The topological polar surface area (TPSA) is 25.8 Å². The predicted octanol–water partition coefficient (Wildman–Crippen LogP) is 1.41. The first-order valence-electron chi connectivity index (χ1n) is 2.75. The van der Waals surface area contributed by atoms with Gasteiger partial charge in [-0.3, -0.25) is 0 Å². The van der Waals surface area contributed by atoms with Crippen LogP contribution in [-0.2, 0) is 6.42 Å². The van der Waals surface area contributed by atoms with Crippen molar-refractivity contribution in [3.05, 3.63) is 24.3 Å². The van der Waals surface area contributed by atoms with E-state index >= 15 is 0 Å². The van der Waals surface area contributed by atoms with Gasteiger partial charge in [0, 0.05) is 24.1 Å². The van der Waals surface area contributed by atoms with Crippen molar-refractivity contribution in [2.75, 3.05) is 5.33 Å². The van der Waals surface area contributed by atoms with E-state index in [1.165, 1.54) is 0 Å². The summed E-state index contributed by atoms with van der Waals surface area (Å²) in [4.78, 5) is 8.05. The van der Waals surface area contributed by atoms with Gasteiger partial charge in [-0.05, 0) is 6.07 Å². The monoisotopic (exact) mass is 186 g/mol. The Morgan fingerprint density at radius 1 is 1.33 bits per heavy atom. The maximum absolute atomic E-state index is 4.03. The van der Waals surface area contributed by atoms with E-state index in [1.807, 2.05) is 6.07 Å². The summed E-state index contributed by atoms with van der Waals surface area (Å²) in [5.41, 5.74) is 0. The van der Waals surface area contributed by atoms with E-state index < -0.39 is 0 Å². The second kappa shape index (κ2) is 3.56. The Morgan fingerprint density at radius 2 is 2.00 bits per heavy atom. The first-order valence-corrected chi connectivity index (χ1v) is 3.87. The van der Waals surface area contributed by atoms with Crippen molar-refractivity contribution in [2.45, 2.75) is 6.42 Å². The summed E-state index contributed by atoms with van der Waals surface area (Å²) in [6.45, 7) is 0. The molecule has 3 heteroatoms. The van der Waals surface area contributed by atoms with E-state index in [-0.39, 0.29) is 0 Å². The van der Waals surface area contributed by atoms with Gasteiger partial charge in [0.2, 0.25) is 0 Å². The zero-order valence-electron chi connectivity index (χ0n) is 4.92. The Hall–Kier alpha value is -0.440. The van der Waals surface area contributed by atoms with Gasteiger partial charge in [-0.2, -0.15) is 0 Å². The minimum atomic E-state index is 0.898. The molecule has 1 aromatic heterocycles. The summed E-state index contributed by atoms with van der Waals surface area (Å²) in [7, 11) is 0. The minimum Gasteiger partial charge on any atom is -0.241 e. The standard InChI is InChI=1S/C6H7BrN2/c7-3-2-6-8-4-1-5-9-6/h1,4-5H,2-3H2. The number of aromatic nitrogens is 2. The van der Waals surface area contributed by atoms with Gasteiger partial charge < -0.3 is 0 Å². The highest BCUT2D eigenvalue weighted by atomic mass is 79.9. The van der Waals surface area contributed by atoms with Crippen LogP contribution in [0.5, 0.6) is 0 Å². The quantitative estimate of drug-likeness (QED) is 0.654. The van der Waals surface area contributed by atoms with Gasteiger partial charge in [0.15, 0.2) is 0 Å². The van der Waals surface area contributed by atoms with Crippen LogP contribution in [0.4, 0.5) is 0 Å². The van der Waals surface area contributed by atoms with Crippen LogP contribution in [-0.4, -0.2) is 15.3 Å². The molecule has 0 aliphatic heterocycles. The summed E-state index contributed by atoms with van der Waals surface area (Å²) in [5.74, 6) is 0.898. The molecule has 2 nitrogen and oxygen atoms in total. The average Bonchev–Trinajstić information content (AvgIpc) is 1.91. The Kier molecular flexibility index (Phi) is 2.64. The fourth-order valence-electron chi connectivity index (χ4n) is 0.544. The molecule has 0 saturated heterocycles. The van der Waals surface area contributed by atoms with Gasteiger partial charge >= 0.3 is 0 Å². The lowest BCUT2D eigenvalue weighted by molar-refractivity contribution is 0.951. The van der Waals surface area contributed by atoms with Gasteiger partial charge in [0.05, 0.1) is 0 Å². The van der Waals surface area contributed by atoms with Crippen LogP contribution in [0.2, 0.25) is 0 Å². The number of aryl methyl sites for hydroxylation is 1. The van der Waals surface area contributed by atoms with Crippen LogP contribution < -0.4 is 0 Å². The van der Waals surface area contributed by atoms with E-state index in [2.05, 4.69) is 25.9 Å². The van der Waals surface area contributed by atoms with Crippen LogP contribution >= 0.6 is 15.9 Å². The third-order valence-electron chi connectivity index (χ3n) is 0.937. The fraction of sp³-hybridized carbons (Fsp3) is 0.333. The molecule has 0 fully saturated rings. The van der Waals surface area contributed by atoms with Crippen molar-refractivity contribution in [3.63, 3.8) is 0 Å². The molecule has 1 rings (SSSR count). The molecule has 1 heterocycles. The van der Waals surface area contributed by atoms with E-state index in [4.69, 9.17) is 0 Å². The highest BCUT2D eigenvalue weighted by Crippen LogP contribution is 1.91. The second-order valence-electron chi connectivity index (χ2n) is 1.60. The zero-order valence-corrected chi connectivity index (χ0v) is 6.50. The van der Waals surface area contributed by atoms with Gasteiger partial charge in [-0.1, -0.05) is 15.9 Å². The van der Waals surface area contributed by atoms with Crippen LogP contribution in [0.3, 0.4) is 0 Å². The van der Waals surface area contributed by atoms with Crippen molar-refractivity contribution in [2.24, 2.45) is 0 Å². The van der Waals surface area contributed by atoms with Crippen molar-refractivity contribution in [1.82, 2.24) is 9.97 Å². The molecule has 0 aromatic carbocycles. The van der Waals surface area contributed by atoms with E-state index in [0.29, 0.717) is 0 Å². The Morgan fingerprint density at radius 3 is 2.56 bits per heavy atom. The molecule has 0 aliphatic rings. The van der Waals surface area contributed by atoms with E-state index in [1.54, 1.807) is 12.4 Å². The number of alkyl halides is 1. The molecule has 0 amide bonds. The highest BCUT2D eigenvalue weighted by Gasteiger charge is 1.88. The third-order valence-corrected chi connectivity index (χ3v) is 1.33. The summed E-state index contributed by atoms with van der Waals surface area (Å²) in [5, 5.41) is 0.928. The lowest BCUT2D eigenvalue weighted by atomic mass is 10.4. The van der Waals surface area contributed by atoms with Crippen molar-refractivity contribution in [3.8, 4) is 0 Å². The molecule has 0 radical (unpaired) electrons. The summed E-state index contributed by atoms with van der Waals surface area (Å²) in [6, 6.07) is 1.82. The minimum absolute atomic E-state index is 0.898. The van der Waals surface area contributed by atoms with Crippen LogP contribution in [0.25, 0.3) is 0 Å². The van der Waals surface area contributed by atoms with Crippen LogP contribution in [0, 0.1) is 0 Å². The summed E-state index contributed by atoms with van der Waals surface area (Å²) < 4.78 is 0. The molecule has 0 unspecified atom stereocenters. The first-order chi connectivity index (χ1) is 4.43. The first kappa shape index (κ1) is 6.68. The van der Waals surface area contributed by atoms with Gasteiger partial charge in [-0.15, -0.1) is 0 Å². The summed E-state index contributed by atoms with van der Waals surface area (Å²) in [6.07, 6.45) is 4.41. The molecule has 0 aliphatic carbocycles. The van der Waals surface area contributed by atoms with E-state index in [0.717, 1.165) is 17.6 Å². The van der Waals surface area contributed by atoms with Crippen LogP contribution in [0.15, 0.2) is 18.5 Å². The molecule has 0 saturated carbocycles. The van der Waals surface area contributed by atoms with Gasteiger partial charge in [0.25, 0.3) is 0 Å². The predicted molar refractivity (Wildman–Crippen MR) is 39.5 cm³/mol. The number of rotatable bonds is 2. The normalized spacial score (nSPS) is 9.44. The Balaban J connectivity index is 2.61. The summed E-state index contributed by atoms with van der Waals surface area (Å²) >= 11 is 3.31. The number of hydrogen-bond acceptors (Lipinski definition) is 2. The molecule has 0 spiro atoms. The number of nitrogens with zero attached hydrogens (tertiary/aromatic N) is 2. The maximum Gasteiger partial charge on any atom is 0.129 e. The van der Waals surface area contributed by atoms with Crippen LogP contribution in [0.1, 0.15) is 5.82 Å². The Labute approximate surface area is 62.5 Å². The van der Waals surface area contributed by atoms with Gasteiger partial charge in [0.1, 0.15) is 5.82 Å². The second-order valence-corrected chi connectivity index (χ2v) is 2.40. The Bertz CT molecular complexity index is 164. The molecular formula is C6H7BrN2. The lowest BCUT2D eigenvalue weighted by Gasteiger charge is -1.90. The van der Waals surface area contributed by atoms with Crippen molar-refractivity contribution >= 4 is 15.9 Å². The van der Waals surface area contributed by atoms with Gasteiger partial charge in [-0.25, -0.2) is 9.97 Å². The lowest BCUT2D eigenvalue weighted by Crippen LogP contribution is -1.92. The van der Waals surface area contributed by atoms with Crippen molar-refractivity contribution < 1.29 is 0 Å². The molecule has 0 bridgehead atoms. The molecule has 48 valence electrons. The molecule has 0 N–H and O–H groups in total. The molecule has 1 aromatic rings. The highest BCUT2D eigenvalue weighted by molar-refractivity contribution is 9.09. The smallest absolute Gasteiger partial charge is 0.129 e. The third kappa shape index (κ3) is 2.10. The molecule has 0 atom stereocenters. The number of hydrogen-bond donors (Lipinski definition) is 0. The van der Waals surface area contributed by atoms with E-state index in [9.17, 15) is 0 Å². The number of halogens is 1. The molecular weight excluding hydrogens is 180 g/mol. The largest absolute Gasteiger partial charge is 0.241 e. The maximum atomic E-state index is 4.03.